The molecule has 3 aromatic rings. The van der Waals surface area contributed by atoms with Gasteiger partial charge in [-0.15, -0.1) is 5.10 Å². The topological polar surface area (TPSA) is 74.0 Å². The molecular formula is C17H20BrN5O2. The van der Waals surface area contributed by atoms with Gasteiger partial charge in [-0.25, -0.2) is 0 Å². The molecule has 1 N–H and O–H groups in total. The number of ether oxygens (including phenoxy) is 1. The van der Waals surface area contributed by atoms with Gasteiger partial charge in [-0.3, -0.25) is 14.2 Å². The Morgan fingerprint density at radius 1 is 1.24 bits per heavy atom. The molecule has 0 aliphatic rings. The van der Waals surface area contributed by atoms with Crippen molar-refractivity contribution in [2.24, 2.45) is 14.1 Å². The van der Waals surface area contributed by atoms with E-state index in [4.69, 9.17) is 4.74 Å². The Hall–Kier alpha value is -2.35. The molecule has 0 aliphatic heterocycles. The van der Waals surface area contributed by atoms with E-state index in [9.17, 15) is 4.79 Å². The quantitative estimate of drug-likeness (QED) is 0.639. The van der Waals surface area contributed by atoms with Crippen LogP contribution < -0.4 is 10.1 Å². The number of amides is 1. The fourth-order valence-corrected chi connectivity index (χ4v) is 2.90. The Balaban J connectivity index is 1.51. The van der Waals surface area contributed by atoms with E-state index < -0.39 is 0 Å². The number of nitrogens with zero attached hydrogens (tertiary/aromatic N) is 4. The maximum absolute atomic E-state index is 12.0. The molecule has 0 radical (unpaired) electrons. The van der Waals surface area contributed by atoms with Crippen molar-refractivity contribution in [2.75, 3.05) is 11.9 Å². The van der Waals surface area contributed by atoms with Crippen LogP contribution in [0.1, 0.15) is 18.5 Å². The van der Waals surface area contributed by atoms with Gasteiger partial charge in [0.15, 0.2) is 5.82 Å². The summed E-state index contributed by atoms with van der Waals surface area (Å²) in [5.41, 5.74) is 1.99. The first-order valence-corrected chi connectivity index (χ1v) is 8.79. The molecule has 0 aliphatic carbocycles. The lowest BCUT2D eigenvalue weighted by molar-refractivity contribution is -0.116. The molecule has 25 heavy (non-hydrogen) atoms. The largest absolute Gasteiger partial charge is 0.476 e. The molecule has 0 saturated heterocycles. The third kappa shape index (κ3) is 4.01. The highest BCUT2D eigenvalue weighted by Crippen LogP contribution is 2.27. The Labute approximate surface area is 154 Å². The van der Waals surface area contributed by atoms with Crippen LogP contribution in [0.5, 0.6) is 5.88 Å². The predicted molar refractivity (Wildman–Crippen MR) is 99.7 cm³/mol. The summed E-state index contributed by atoms with van der Waals surface area (Å²) < 4.78 is 10.3. The predicted octanol–water partition coefficient (Wildman–Crippen LogP) is 3.18. The Bertz CT molecular complexity index is 896. The van der Waals surface area contributed by atoms with Crippen LogP contribution in [0.2, 0.25) is 0 Å². The maximum Gasteiger partial charge on any atom is 0.240 e. The zero-order valence-corrected chi connectivity index (χ0v) is 16.0. The van der Waals surface area contributed by atoms with E-state index in [1.54, 1.807) is 9.36 Å². The van der Waals surface area contributed by atoms with Crippen molar-refractivity contribution in [3.63, 3.8) is 0 Å². The molecule has 1 aromatic carbocycles. The molecule has 2 heterocycles. The van der Waals surface area contributed by atoms with E-state index in [0.29, 0.717) is 31.1 Å². The van der Waals surface area contributed by atoms with Crippen molar-refractivity contribution in [3.05, 3.63) is 34.4 Å². The minimum atomic E-state index is -0.0738. The number of rotatable bonds is 6. The van der Waals surface area contributed by atoms with Crippen LogP contribution in [-0.4, -0.2) is 32.1 Å². The van der Waals surface area contributed by atoms with Gasteiger partial charge in [0.2, 0.25) is 11.8 Å². The van der Waals surface area contributed by atoms with Gasteiger partial charge in [0.25, 0.3) is 0 Å². The van der Waals surface area contributed by atoms with E-state index in [0.717, 1.165) is 21.1 Å². The van der Waals surface area contributed by atoms with Crippen LogP contribution in [-0.2, 0) is 18.9 Å². The van der Waals surface area contributed by atoms with E-state index in [2.05, 4.69) is 31.4 Å². The van der Waals surface area contributed by atoms with Crippen molar-refractivity contribution in [1.82, 2.24) is 19.6 Å². The molecule has 0 bridgehead atoms. The number of hydrogen-bond donors (Lipinski definition) is 1. The first-order chi connectivity index (χ1) is 11.9. The third-order valence-electron chi connectivity index (χ3n) is 3.95. The van der Waals surface area contributed by atoms with Gasteiger partial charge in [-0.1, -0.05) is 15.9 Å². The van der Waals surface area contributed by atoms with Gasteiger partial charge in [0, 0.05) is 36.7 Å². The number of hydrogen-bond acceptors (Lipinski definition) is 4. The number of anilines is 1. The zero-order valence-electron chi connectivity index (χ0n) is 14.4. The lowest BCUT2D eigenvalue weighted by atomic mass is 10.2. The number of fused-ring (bicyclic) bond motifs is 1. The Morgan fingerprint density at radius 3 is 2.76 bits per heavy atom. The van der Waals surface area contributed by atoms with Gasteiger partial charge in [-0.2, -0.15) is 5.10 Å². The second-order valence-electron chi connectivity index (χ2n) is 5.88. The van der Waals surface area contributed by atoms with Gasteiger partial charge < -0.3 is 10.1 Å². The number of benzene rings is 1. The number of halogens is 1. The molecule has 0 atom stereocenters. The molecule has 2 aromatic heterocycles. The molecule has 132 valence electrons. The zero-order chi connectivity index (χ0) is 18.0. The minimum Gasteiger partial charge on any atom is -0.476 e. The first-order valence-electron chi connectivity index (χ1n) is 7.99. The molecule has 3 rings (SSSR count). The highest BCUT2D eigenvalue weighted by molar-refractivity contribution is 9.10. The van der Waals surface area contributed by atoms with E-state index in [-0.39, 0.29) is 5.91 Å². The molecule has 1 amide bonds. The summed E-state index contributed by atoms with van der Waals surface area (Å²) in [7, 11) is 3.72. The normalized spacial score (nSPS) is 11.0. The number of carbonyl (C=O) groups excluding carboxylic acids is 1. The van der Waals surface area contributed by atoms with Gasteiger partial charge >= 0.3 is 0 Å². The minimum absolute atomic E-state index is 0.0738. The fourth-order valence-electron chi connectivity index (χ4n) is 2.54. The molecule has 7 nitrogen and oxygen atoms in total. The van der Waals surface area contributed by atoms with Crippen LogP contribution in [0, 0.1) is 6.92 Å². The SMILES string of the molecule is Cc1cc(NC(=O)CCCOc2nn(C)c3ccc(Br)cc23)nn1C. The summed E-state index contributed by atoms with van der Waals surface area (Å²) in [5.74, 6) is 1.08. The van der Waals surface area contributed by atoms with Crippen molar-refractivity contribution >= 4 is 38.6 Å². The molecular weight excluding hydrogens is 386 g/mol. The van der Waals surface area contributed by atoms with Crippen LogP contribution in [0.3, 0.4) is 0 Å². The second-order valence-corrected chi connectivity index (χ2v) is 6.80. The summed E-state index contributed by atoms with van der Waals surface area (Å²) >= 11 is 3.46. The summed E-state index contributed by atoms with van der Waals surface area (Å²) in [5, 5.41) is 12.3. The van der Waals surface area contributed by atoms with Crippen LogP contribution in [0.25, 0.3) is 10.9 Å². The lowest BCUT2D eigenvalue weighted by Crippen LogP contribution is -2.13. The van der Waals surface area contributed by atoms with Crippen LogP contribution in [0.4, 0.5) is 5.82 Å². The first kappa shape index (κ1) is 17.5. The molecule has 0 spiro atoms. The van der Waals surface area contributed by atoms with E-state index >= 15 is 0 Å². The van der Waals surface area contributed by atoms with Crippen molar-refractivity contribution in [1.29, 1.82) is 0 Å². The number of aryl methyl sites for hydroxylation is 3. The fraction of sp³-hybridized carbons (Fsp3) is 0.353. The highest BCUT2D eigenvalue weighted by Gasteiger charge is 2.11. The van der Waals surface area contributed by atoms with Crippen molar-refractivity contribution < 1.29 is 9.53 Å². The standard InChI is InChI=1S/C17H20BrN5O2/c1-11-9-15(20-22(11)2)19-16(24)5-4-8-25-17-13-10-12(18)6-7-14(13)23(3)21-17/h6-7,9-10H,4-5,8H2,1-3H3,(H,19,20,24). The second kappa shape index (κ2) is 7.26. The van der Waals surface area contributed by atoms with Gasteiger partial charge in [0.1, 0.15) is 0 Å². The molecule has 0 saturated carbocycles. The highest BCUT2D eigenvalue weighted by atomic mass is 79.9. The Morgan fingerprint density at radius 2 is 2.04 bits per heavy atom. The maximum atomic E-state index is 12.0. The average molecular weight is 406 g/mol. The van der Waals surface area contributed by atoms with E-state index in [1.807, 2.05) is 45.3 Å². The average Bonchev–Trinajstić information content (AvgIpc) is 3.03. The van der Waals surface area contributed by atoms with Crippen molar-refractivity contribution in [3.8, 4) is 5.88 Å². The van der Waals surface area contributed by atoms with Crippen LogP contribution >= 0.6 is 15.9 Å². The summed E-state index contributed by atoms with van der Waals surface area (Å²) in [6.45, 7) is 2.36. The Kier molecular flexibility index (Phi) is 5.08. The summed E-state index contributed by atoms with van der Waals surface area (Å²) in [6.07, 6.45) is 0.966. The molecule has 0 fully saturated rings. The van der Waals surface area contributed by atoms with Crippen LogP contribution in [0.15, 0.2) is 28.7 Å². The third-order valence-corrected chi connectivity index (χ3v) is 4.44. The summed E-state index contributed by atoms with van der Waals surface area (Å²) in [6, 6.07) is 7.78. The van der Waals surface area contributed by atoms with Crippen molar-refractivity contribution in [2.45, 2.75) is 19.8 Å². The van der Waals surface area contributed by atoms with Gasteiger partial charge in [-0.05, 0) is 31.5 Å². The number of carbonyl (C=O) groups is 1. The van der Waals surface area contributed by atoms with Gasteiger partial charge in [0.05, 0.1) is 17.5 Å². The molecule has 0 unspecified atom stereocenters. The molecule has 8 heteroatoms. The monoisotopic (exact) mass is 405 g/mol. The smallest absolute Gasteiger partial charge is 0.240 e. The summed E-state index contributed by atoms with van der Waals surface area (Å²) in [4.78, 5) is 12.0. The van der Waals surface area contributed by atoms with E-state index in [1.165, 1.54) is 0 Å². The lowest BCUT2D eigenvalue weighted by Gasteiger charge is -2.04. The number of nitrogens with one attached hydrogen (secondary N) is 1. The number of aromatic nitrogens is 4.